The third kappa shape index (κ3) is 4.53. The summed E-state index contributed by atoms with van der Waals surface area (Å²) in [7, 11) is 0. The standard InChI is InChI=1S/C28H32ClN3O4S/c1-27-14-15-28(37-27)22(21(27)24(34)30-18-10-4-2-5-11-18)26(36)32(16-8-3-9-17-33)23(28)25(35)31-20-13-7-6-12-19(20)29/h2,4-7,10-13,21-23,33H,3,8-9,14-17H2,1H3,(H,30,34)(H,31,35)/t21-,22+,23?,27+,28?/m1/s1. The lowest BCUT2D eigenvalue weighted by molar-refractivity contribution is -0.139. The molecular formula is C28H32ClN3O4S. The molecule has 3 N–H and O–H groups in total. The maximum Gasteiger partial charge on any atom is 0.248 e. The van der Waals surface area contributed by atoms with Crippen LogP contribution in [0.1, 0.15) is 39.0 Å². The fourth-order valence-corrected chi connectivity index (χ4v) is 8.98. The Morgan fingerprint density at radius 3 is 2.49 bits per heavy atom. The Labute approximate surface area is 226 Å². The fraction of sp³-hybridized carbons (Fsp3) is 0.464. The van der Waals surface area contributed by atoms with Gasteiger partial charge in [-0.25, -0.2) is 0 Å². The number of halogens is 1. The Morgan fingerprint density at radius 2 is 1.76 bits per heavy atom. The molecule has 9 heteroatoms. The molecule has 3 aliphatic rings. The molecular weight excluding hydrogens is 510 g/mol. The number of nitrogens with one attached hydrogen (secondary N) is 2. The van der Waals surface area contributed by atoms with Crippen molar-refractivity contribution in [3.63, 3.8) is 0 Å². The van der Waals surface area contributed by atoms with E-state index in [1.807, 2.05) is 30.3 Å². The van der Waals surface area contributed by atoms with Crippen molar-refractivity contribution in [3.8, 4) is 0 Å². The zero-order valence-electron chi connectivity index (χ0n) is 20.8. The first-order valence-corrected chi connectivity index (χ1v) is 14.0. The first-order valence-electron chi connectivity index (χ1n) is 12.8. The highest BCUT2D eigenvalue weighted by molar-refractivity contribution is 8.02. The topological polar surface area (TPSA) is 98.7 Å². The van der Waals surface area contributed by atoms with Crippen LogP contribution in [0.4, 0.5) is 11.4 Å². The first-order chi connectivity index (χ1) is 17.8. The minimum Gasteiger partial charge on any atom is -0.396 e. The van der Waals surface area contributed by atoms with Crippen LogP contribution in [0.2, 0.25) is 5.02 Å². The fourth-order valence-electron chi connectivity index (χ4n) is 6.44. The van der Waals surface area contributed by atoms with Gasteiger partial charge in [0.2, 0.25) is 17.7 Å². The molecule has 196 valence electrons. The van der Waals surface area contributed by atoms with E-state index in [1.54, 1.807) is 40.9 Å². The number of aliphatic hydroxyl groups excluding tert-OH is 1. The van der Waals surface area contributed by atoms with E-state index < -0.39 is 27.4 Å². The van der Waals surface area contributed by atoms with E-state index in [1.165, 1.54) is 0 Å². The lowest BCUT2D eigenvalue weighted by Gasteiger charge is -2.35. The van der Waals surface area contributed by atoms with Crippen molar-refractivity contribution in [1.29, 1.82) is 0 Å². The lowest BCUT2D eigenvalue weighted by atomic mass is 9.66. The number of hydrogen-bond donors (Lipinski definition) is 3. The summed E-state index contributed by atoms with van der Waals surface area (Å²) >= 11 is 7.98. The van der Waals surface area contributed by atoms with Gasteiger partial charge in [0.15, 0.2) is 0 Å². The van der Waals surface area contributed by atoms with Crippen molar-refractivity contribution in [2.24, 2.45) is 11.8 Å². The maximum atomic E-state index is 14.1. The van der Waals surface area contributed by atoms with Gasteiger partial charge in [-0.1, -0.05) is 41.9 Å². The van der Waals surface area contributed by atoms with E-state index in [9.17, 15) is 19.5 Å². The summed E-state index contributed by atoms with van der Waals surface area (Å²) < 4.78 is -1.13. The molecule has 3 fully saturated rings. The predicted octanol–water partition coefficient (Wildman–Crippen LogP) is 4.56. The Balaban J connectivity index is 1.48. The molecule has 5 atom stereocenters. The number of fused-ring (bicyclic) bond motifs is 1. The molecule has 0 aliphatic carbocycles. The number of aliphatic hydroxyl groups is 1. The second-order valence-electron chi connectivity index (χ2n) is 10.4. The molecule has 1 spiro atoms. The summed E-state index contributed by atoms with van der Waals surface area (Å²) in [5.74, 6) is -1.70. The summed E-state index contributed by atoms with van der Waals surface area (Å²) in [6, 6.07) is 15.6. The van der Waals surface area contributed by atoms with Crippen LogP contribution in [0.15, 0.2) is 54.6 Å². The van der Waals surface area contributed by atoms with Crippen LogP contribution < -0.4 is 10.6 Å². The van der Waals surface area contributed by atoms with Crippen LogP contribution in [0.5, 0.6) is 0 Å². The number of carbonyl (C=O) groups excluding carboxylic acids is 3. The van der Waals surface area contributed by atoms with Crippen LogP contribution in [0, 0.1) is 11.8 Å². The molecule has 3 aliphatic heterocycles. The number of carbonyl (C=O) groups is 3. The Bertz CT molecular complexity index is 1200. The number of anilines is 2. The van der Waals surface area contributed by atoms with Gasteiger partial charge in [-0.3, -0.25) is 14.4 Å². The van der Waals surface area contributed by atoms with Gasteiger partial charge in [0, 0.05) is 23.6 Å². The van der Waals surface area contributed by atoms with Crippen molar-refractivity contribution in [3.05, 3.63) is 59.6 Å². The second-order valence-corrected chi connectivity index (χ2v) is 12.7. The molecule has 37 heavy (non-hydrogen) atoms. The number of thioether (sulfide) groups is 1. The van der Waals surface area contributed by atoms with Gasteiger partial charge < -0.3 is 20.6 Å². The van der Waals surface area contributed by atoms with Crippen LogP contribution in [-0.2, 0) is 14.4 Å². The van der Waals surface area contributed by atoms with Crippen molar-refractivity contribution in [2.45, 2.75) is 54.6 Å². The molecule has 2 unspecified atom stereocenters. The molecule has 7 nitrogen and oxygen atoms in total. The highest BCUT2D eigenvalue weighted by atomic mass is 35.5. The van der Waals surface area contributed by atoms with E-state index >= 15 is 0 Å². The second kappa shape index (κ2) is 10.3. The SMILES string of the molecule is C[C@@]12CCC3(S1)C(C(=O)Nc1ccccc1Cl)N(CCCCCO)C(=O)[C@@H]3[C@@H]2C(=O)Nc1ccccc1. The largest absolute Gasteiger partial charge is 0.396 e. The zero-order chi connectivity index (χ0) is 26.2. The smallest absolute Gasteiger partial charge is 0.248 e. The summed E-state index contributed by atoms with van der Waals surface area (Å²) in [6.07, 6.45) is 3.51. The Hall–Kier alpha value is -2.55. The van der Waals surface area contributed by atoms with Gasteiger partial charge in [0.05, 0.1) is 27.3 Å². The highest BCUT2D eigenvalue weighted by Crippen LogP contribution is 2.71. The normalized spacial score (nSPS) is 29.9. The molecule has 0 radical (unpaired) electrons. The highest BCUT2D eigenvalue weighted by Gasteiger charge is 2.77. The number of para-hydroxylation sites is 2. The third-order valence-electron chi connectivity index (χ3n) is 8.04. The molecule has 3 saturated heterocycles. The van der Waals surface area contributed by atoms with Crippen LogP contribution in [-0.4, -0.2) is 56.4 Å². The van der Waals surface area contributed by atoms with Gasteiger partial charge in [0.1, 0.15) is 6.04 Å². The number of hydrogen-bond acceptors (Lipinski definition) is 5. The van der Waals surface area contributed by atoms with Gasteiger partial charge in [-0.15, -0.1) is 11.8 Å². The number of likely N-dealkylation sites (tertiary alicyclic amines) is 1. The molecule has 2 bridgehead atoms. The van der Waals surface area contributed by atoms with Crippen LogP contribution in [0.3, 0.4) is 0 Å². The number of nitrogens with zero attached hydrogens (tertiary/aromatic N) is 1. The van der Waals surface area contributed by atoms with E-state index in [-0.39, 0.29) is 24.3 Å². The lowest BCUT2D eigenvalue weighted by Crippen LogP contribution is -2.51. The summed E-state index contributed by atoms with van der Waals surface area (Å²) in [4.78, 5) is 43.3. The molecule has 2 aromatic rings. The number of unbranched alkanes of at least 4 members (excludes halogenated alkanes) is 2. The molecule has 2 aromatic carbocycles. The summed E-state index contributed by atoms with van der Waals surface area (Å²) in [6.45, 7) is 2.55. The van der Waals surface area contributed by atoms with E-state index in [2.05, 4.69) is 17.6 Å². The van der Waals surface area contributed by atoms with Crippen molar-refractivity contribution >= 4 is 52.5 Å². The van der Waals surface area contributed by atoms with Crippen molar-refractivity contribution in [1.82, 2.24) is 4.90 Å². The number of benzene rings is 2. The zero-order valence-corrected chi connectivity index (χ0v) is 22.4. The van der Waals surface area contributed by atoms with E-state index in [0.29, 0.717) is 42.2 Å². The van der Waals surface area contributed by atoms with Gasteiger partial charge in [0.25, 0.3) is 0 Å². The molecule has 5 rings (SSSR count). The average Bonchev–Trinajstić information content (AvgIpc) is 3.44. The van der Waals surface area contributed by atoms with Gasteiger partial charge in [-0.2, -0.15) is 0 Å². The minimum absolute atomic E-state index is 0.0901. The first kappa shape index (κ1) is 26.1. The van der Waals surface area contributed by atoms with E-state index in [4.69, 9.17) is 11.6 Å². The maximum absolute atomic E-state index is 14.1. The van der Waals surface area contributed by atoms with Crippen LogP contribution >= 0.6 is 23.4 Å². The molecule has 0 aromatic heterocycles. The minimum atomic E-state index is -0.711. The Morgan fingerprint density at radius 1 is 1.03 bits per heavy atom. The summed E-state index contributed by atoms with van der Waals surface area (Å²) in [5.41, 5.74) is 1.20. The molecule has 3 heterocycles. The van der Waals surface area contributed by atoms with Crippen LogP contribution in [0.25, 0.3) is 0 Å². The number of amides is 3. The average molecular weight is 542 g/mol. The van der Waals surface area contributed by atoms with E-state index in [0.717, 1.165) is 12.8 Å². The molecule has 3 amide bonds. The number of rotatable bonds is 9. The van der Waals surface area contributed by atoms with Crippen molar-refractivity contribution < 1.29 is 19.5 Å². The van der Waals surface area contributed by atoms with Gasteiger partial charge >= 0.3 is 0 Å². The Kier molecular flexibility index (Phi) is 7.27. The predicted molar refractivity (Wildman–Crippen MR) is 147 cm³/mol. The third-order valence-corrected chi connectivity index (χ3v) is 10.4. The monoisotopic (exact) mass is 541 g/mol. The molecule has 0 saturated carbocycles. The van der Waals surface area contributed by atoms with Crippen molar-refractivity contribution in [2.75, 3.05) is 23.8 Å². The van der Waals surface area contributed by atoms with Gasteiger partial charge in [-0.05, 0) is 63.3 Å². The summed E-state index contributed by atoms with van der Waals surface area (Å²) in [5, 5.41) is 15.6. The quantitative estimate of drug-likeness (QED) is 0.404.